The Kier molecular flexibility index (Phi) is 5.41. The zero-order chi connectivity index (χ0) is 14.4. The van der Waals surface area contributed by atoms with Gasteiger partial charge in [0.05, 0.1) is 6.10 Å². The third-order valence-corrected chi connectivity index (χ3v) is 3.84. The number of carbonyl (C=O) groups excluding carboxylic acids is 1. The second kappa shape index (κ2) is 7.29. The van der Waals surface area contributed by atoms with Gasteiger partial charge in [0.2, 0.25) is 0 Å². The van der Waals surface area contributed by atoms with Gasteiger partial charge in [0.1, 0.15) is 5.75 Å². The molecule has 1 saturated carbocycles. The van der Waals surface area contributed by atoms with E-state index in [0.29, 0.717) is 18.7 Å². The molecule has 0 aromatic heterocycles. The smallest absolute Gasteiger partial charge is 0.261 e. The van der Waals surface area contributed by atoms with Crippen molar-refractivity contribution in [1.29, 1.82) is 0 Å². The van der Waals surface area contributed by atoms with Gasteiger partial charge in [0.15, 0.2) is 6.10 Å². The second-order valence-corrected chi connectivity index (χ2v) is 5.33. The van der Waals surface area contributed by atoms with Crippen LogP contribution in [0.1, 0.15) is 32.6 Å². The Morgan fingerprint density at radius 1 is 1.40 bits per heavy atom. The fraction of sp³-hybridized carbons (Fsp3) is 0.562. The van der Waals surface area contributed by atoms with E-state index in [-0.39, 0.29) is 17.9 Å². The lowest BCUT2D eigenvalue weighted by Crippen LogP contribution is -2.41. The molecule has 2 rings (SSSR count). The van der Waals surface area contributed by atoms with Crippen LogP contribution in [0.3, 0.4) is 0 Å². The van der Waals surface area contributed by atoms with E-state index >= 15 is 0 Å². The third kappa shape index (κ3) is 3.97. The fourth-order valence-electron chi connectivity index (χ4n) is 2.59. The molecule has 0 spiro atoms. The Hall–Kier alpha value is -1.55. The van der Waals surface area contributed by atoms with Crippen LogP contribution >= 0.6 is 0 Å². The summed E-state index contributed by atoms with van der Waals surface area (Å²) in [4.78, 5) is 12.1. The van der Waals surface area contributed by atoms with Crippen molar-refractivity contribution in [3.8, 4) is 5.75 Å². The summed E-state index contributed by atoms with van der Waals surface area (Å²) in [5, 5.41) is 12.7. The van der Waals surface area contributed by atoms with Gasteiger partial charge in [-0.15, -0.1) is 0 Å². The largest absolute Gasteiger partial charge is 0.481 e. The molecule has 1 amide bonds. The van der Waals surface area contributed by atoms with Crippen molar-refractivity contribution >= 4 is 5.91 Å². The SMILES string of the molecule is CCC(Oc1ccccc1)C(=O)NCC1CCCC1O. The van der Waals surface area contributed by atoms with Gasteiger partial charge in [-0.2, -0.15) is 0 Å². The first kappa shape index (κ1) is 14.9. The molecule has 3 atom stereocenters. The molecule has 20 heavy (non-hydrogen) atoms. The molecule has 110 valence electrons. The van der Waals surface area contributed by atoms with E-state index < -0.39 is 6.10 Å². The van der Waals surface area contributed by atoms with Crippen molar-refractivity contribution in [2.75, 3.05) is 6.54 Å². The molecular weight excluding hydrogens is 254 g/mol. The van der Waals surface area contributed by atoms with Crippen LogP contribution in [0.2, 0.25) is 0 Å². The van der Waals surface area contributed by atoms with E-state index in [1.807, 2.05) is 37.3 Å². The van der Waals surface area contributed by atoms with Crippen molar-refractivity contribution in [1.82, 2.24) is 5.32 Å². The molecule has 0 aliphatic heterocycles. The van der Waals surface area contributed by atoms with Crippen molar-refractivity contribution in [2.45, 2.75) is 44.8 Å². The molecule has 3 unspecified atom stereocenters. The first-order chi connectivity index (χ1) is 9.70. The lowest BCUT2D eigenvalue weighted by atomic mass is 10.1. The van der Waals surface area contributed by atoms with E-state index in [1.54, 1.807) is 0 Å². The number of nitrogens with one attached hydrogen (secondary N) is 1. The van der Waals surface area contributed by atoms with Crippen LogP contribution in [-0.4, -0.2) is 29.8 Å². The molecule has 4 heteroatoms. The van der Waals surface area contributed by atoms with Gasteiger partial charge in [0.25, 0.3) is 5.91 Å². The maximum atomic E-state index is 12.1. The van der Waals surface area contributed by atoms with Crippen molar-refractivity contribution < 1.29 is 14.6 Å². The number of benzene rings is 1. The summed E-state index contributed by atoms with van der Waals surface area (Å²) in [7, 11) is 0. The topological polar surface area (TPSA) is 58.6 Å². The molecule has 2 N–H and O–H groups in total. The summed E-state index contributed by atoms with van der Waals surface area (Å²) in [6.45, 7) is 2.46. The number of aliphatic hydroxyl groups excluding tert-OH is 1. The molecule has 0 bridgehead atoms. The lowest BCUT2D eigenvalue weighted by molar-refractivity contribution is -0.128. The molecule has 0 radical (unpaired) electrons. The van der Waals surface area contributed by atoms with Crippen molar-refractivity contribution in [3.63, 3.8) is 0 Å². The molecule has 1 aliphatic carbocycles. The van der Waals surface area contributed by atoms with Gasteiger partial charge < -0.3 is 15.2 Å². The van der Waals surface area contributed by atoms with Crippen molar-refractivity contribution in [3.05, 3.63) is 30.3 Å². The Morgan fingerprint density at radius 2 is 2.15 bits per heavy atom. The van der Waals surface area contributed by atoms with Gasteiger partial charge in [-0.25, -0.2) is 0 Å². The highest BCUT2D eigenvalue weighted by molar-refractivity contribution is 5.81. The highest BCUT2D eigenvalue weighted by Gasteiger charge is 2.26. The van der Waals surface area contributed by atoms with E-state index in [9.17, 15) is 9.90 Å². The average molecular weight is 277 g/mol. The number of aliphatic hydroxyl groups is 1. The number of amides is 1. The maximum Gasteiger partial charge on any atom is 0.261 e. The van der Waals surface area contributed by atoms with Gasteiger partial charge in [-0.3, -0.25) is 4.79 Å². The van der Waals surface area contributed by atoms with Gasteiger partial charge >= 0.3 is 0 Å². The minimum Gasteiger partial charge on any atom is -0.481 e. The minimum atomic E-state index is -0.476. The highest BCUT2D eigenvalue weighted by Crippen LogP contribution is 2.24. The van der Waals surface area contributed by atoms with Gasteiger partial charge in [-0.1, -0.05) is 31.5 Å². The molecule has 0 heterocycles. The first-order valence-corrected chi connectivity index (χ1v) is 7.38. The summed E-state index contributed by atoms with van der Waals surface area (Å²) in [5.74, 6) is 0.791. The number of hydrogen-bond acceptors (Lipinski definition) is 3. The zero-order valence-electron chi connectivity index (χ0n) is 11.9. The molecule has 0 saturated heterocycles. The Balaban J connectivity index is 1.82. The maximum absolute atomic E-state index is 12.1. The summed E-state index contributed by atoms with van der Waals surface area (Å²) in [6.07, 6.45) is 2.74. The normalized spacial score (nSPS) is 23.3. The quantitative estimate of drug-likeness (QED) is 0.837. The lowest BCUT2D eigenvalue weighted by Gasteiger charge is -2.20. The number of rotatable bonds is 6. The van der Waals surface area contributed by atoms with Gasteiger partial charge in [0, 0.05) is 12.5 Å². The predicted octanol–water partition coefficient (Wildman–Crippen LogP) is 2.12. The zero-order valence-corrected chi connectivity index (χ0v) is 11.9. The summed E-state index contributed by atoms with van der Waals surface area (Å²) in [6, 6.07) is 9.37. The van der Waals surface area contributed by atoms with Crippen LogP contribution in [0, 0.1) is 5.92 Å². The molecule has 1 aliphatic rings. The monoisotopic (exact) mass is 277 g/mol. The van der Waals surface area contributed by atoms with E-state index in [1.165, 1.54) is 0 Å². The molecule has 4 nitrogen and oxygen atoms in total. The van der Waals surface area contributed by atoms with Crippen LogP contribution in [-0.2, 0) is 4.79 Å². The van der Waals surface area contributed by atoms with E-state index in [0.717, 1.165) is 19.3 Å². The van der Waals surface area contributed by atoms with E-state index in [4.69, 9.17) is 4.74 Å². The van der Waals surface area contributed by atoms with Crippen LogP contribution < -0.4 is 10.1 Å². The Labute approximate surface area is 120 Å². The predicted molar refractivity (Wildman–Crippen MR) is 77.5 cm³/mol. The van der Waals surface area contributed by atoms with Crippen LogP contribution in [0.5, 0.6) is 5.75 Å². The van der Waals surface area contributed by atoms with Crippen LogP contribution in [0.25, 0.3) is 0 Å². The Bertz CT molecular complexity index is 421. The standard InChI is InChI=1S/C16H23NO3/c1-2-15(20-13-8-4-3-5-9-13)16(19)17-11-12-7-6-10-14(12)18/h3-5,8-9,12,14-15,18H,2,6-7,10-11H2,1H3,(H,17,19). The fourth-order valence-corrected chi connectivity index (χ4v) is 2.59. The number of ether oxygens (including phenoxy) is 1. The summed E-state index contributed by atoms with van der Waals surface area (Å²) < 4.78 is 5.69. The van der Waals surface area contributed by atoms with Crippen molar-refractivity contribution in [2.24, 2.45) is 5.92 Å². The molecule has 1 aromatic carbocycles. The average Bonchev–Trinajstić information content (AvgIpc) is 2.88. The third-order valence-electron chi connectivity index (χ3n) is 3.84. The highest BCUT2D eigenvalue weighted by atomic mass is 16.5. The van der Waals surface area contributed by atoms with Crippen LogP contribution in [0.4, 0.5) is 0 Å². The number of carbonyl (C=O) groups is 1. The Morgan fingerprint density at radius 3 is 2.75 bits per heavy atom. The molecule has 1 fully saturated rings. The minimum absolute atomic E-state index is 0.101. The molecule has 1 aromatic rings. The summed E-state index contributed by atoms with van der Waals surface area (Å²) in [5.41, 5.74) is 0. The van der Waals surface area contributed by atoms with Gasteiger partial charge in [-0.05, 0) is 31.4 Å². The summed E-state index contributed by atoms with van der Waals surface area (Å²) >= 11 is 0. The van der Waals surface area contributed by atoms with Crippen LogP contribution in [0.15, 0.2) is 30.3 Å². The number of hydrogen-bond donors (Lipinski definition) is 2. The second-order valence-electron chi connectivity index (χ2n) is 5.33. The van der Waals surface area contributed by atoms with E-state index in [2.05, 4.69) is 5.32 Å². The molecular formula is C16H23NO3. The number of para-hydroxylation sites is 1. The first-order valence-electron chi connectivity index (χ1n) is 7.38.